The molecule has 9 fully saturated rings. The number of carbonyl (C=O) groups is 1. The number of phenols is 3. The SMILES string of the molecule is CC1c2cccc3cccc(c23)C1C.CC1c2cccc3cccc(c23)C1C.CCC(C)c1ccc(O)cc1.CCC(C)c1ccc(O)cc1.CCC(C)c1ccc(O)cc1.CCC(C)c1ccc(OC(C)=O)cc1.CCC(C)c1ccc(OC(OC2C3CC4CC(C3)CC2C4)C(C)C)cc1.CCC(C)c1ccc(OC(OC2C3CC4CC(C3)CC2C4)C(C)C)cc1.CCC(C)c1ccc(OC2(CC)CCCC2)cc1. The van der Waals surface area contributed by atoms with Crippen LogP contribution < -0.4 is 18.9 Å². The number of carbonyl (C=O) groups excluding carboxylic acids is 1. The van der Waals surface area contributed by atoms with E-state index in [9.17, 15) is 4.79 Å². The highest BCUT2D eigenvalue weighted by molar-refractivity contribution is 5.93. The van der Waals surface area contributed by atoms with Crippen LogP contribution in [0, 0.1) is 59.2 Å². The highest BCUT2D eigenvalue weighted by atomic mass is 16.7. The molecule has 22 rings (SSSR count). The molecule has 9 saturated carbocycles. The number of phenolic OH excluding ortho intramolecular Hbond substituents is 3. The number of aromatic hydroxyl groups is 3. The second-order valence-corrected chi connectivity index (χ2v) is 45.9. The average molecular weight is 1970 g/mol. The van der Waals surface area contributed by atoms with Gasteiger partial charge in [0.1, 0.15) is 45.8 Å². The van der Waals surface area contributed by atoms with Gasteiger partial charge in [-0.3, -0.25) is 4.79 Å². The summed E-state index contributed by atoms with van der Waals surface area (Å²) in [5, 5.41) is 32.9. The van der Waals surface area contributed by atoms with E-state index in [1.807, 2.05) is 60.7 Å². The van der Waals surface area contributed by atoms with Crippen molar-refractivity contribution in [2.75, 3.05) is 0 Å². The van der Waals surface area contributed by atoms with E-state index in [0.717, 1.165) is 96.7 Å². The summed E-state index contributed by atoms with van der Waals surface area (Å²) in [6.45, 7) is 52.8. The molecule has 10 heteroatoms. The van der Waals surface area contributed by atoms with Gasteiger partial charge < -0.3 is 43.7 Å². The Kier molecular flexibility index (Phi) is 43.1. The molecule has 784 valence electrons. The van der Waals surface area contributed by atoms with Gasteiger partial charge in [-0.05, 0) is 421 Å². The predicted molar refractivity (Wildman–Crippen MR) is 608 cm³/mol. The van der Waals surface area contributed by atoms with Gasteiger partial charge in [-0.15, -0.1) is 0 Å². The zero-order valence-electron chi connectivity index (χ0n) is 93.3. The van der Waals surface area contributed by atoms with E-state index in [-0.39, 0.29) is 24.2 Å². The van der Waals surface area contributed by atoms with Crippen LogP contribution in [-0.4, -0.2) is 51.7 Å². The molecule has 0 saturated heterocycles. The van der Waals surface area contributed by atoms with Crippen molar-refractivity contribution in [3.05, 3.63) is 304 Å². The first kappa shape index (κ1) is 114. The van der Waals surface area contributed by atoms with Crippen LogP contribution in [0.4, 0.5) is 0 Å². The fraction of sp³-hybridized carbons (Fsp3) is 0.533. The summed E-state index contributed by atoms with van der Waals surface area (Å²) in [7, 11) is 0. The molecule has 11 aromatic carbocycles. The summed E-state index contributed by atoms with van der Waals surface area (Å²) in [6.07, 6.45) is 29.0. The molecule has 0 aliphatic heterocycles. The van der Waals surface area contributed by atoms with E-state index in [1.54, 1.807) is 36.4 Å². The van der Waals surface area contributed by atoms with E-state index in [4.69, 9.17) is 43.7 Å². The number of rotatable bonds is 28. The number of hydrogen-bond acceptors (Lipinski definition) is 10. The molecule has 3 N–H and O–H groups in total. The Labute approximate surface area is 876 Å². The third-order valence-electron chi connectivity index (χ3n) is 35.1. The third kappa shape index (κ3) is 30.9. The summed E-state index contributed by atoms with van der Waals surface area (Å²) in [6, 6.07) is 82.7. The number of ether oxygens (including phenoxy) is 6. The van der Waals surface area contributed by atoms with Crippen LogP contribution in [0.5, 0.6) is 40.2 Å². The van der Waals surface area contributed by atoms with Crippen LogP contribution in [-0.2, 0) is 14.3 Å². The molecule has 0 aromatic heterocycles. The Balaban J connectivity index is 0.000000148. The van der Waals surface area contributed by atoms with Gasteiger partial charge in [0.2, 0.25) is 12.6 Å². The Morgan fingerprint density at radius 1 is 0.303 bits per heavy atom. The lowest BCUT2D eigenvalue weighted by Crippen LogP contribution is -2.51. The van der Waals surface area contributed by atoms with Crippen LogP contribution in [0.15, 0.2) is 243 Å². The highest BCUT2D eigenvalue weighted by Gasteiger charge is 2.52. The molecule has 11 aliphatic carbocycles. The van der Waals surface area contributed by atoms with Crippen LogP contribution in [0.25, 0.3) is 21.5 Å². The van der Waals surface area contributed by atoms with Crippen molar-refractivity contribution in [3.8, 4) is 40.2 Å². The zero-order chi connectivity index (χ0) is 104. The van der Waals surface area contributed by atoms with Crippen molar-refractivity contribution in [3.63, 3.8) is 0 Å². The first-order valence-electron chi connectivity index (χ1n) is 57.0. The minimum absolute atomic E-state index is 0.123. The topological polar surface area (TPSA) is 133 Å². The van der Waals surface area contributed by atoms with Crippen molar-refractivity contribution in [1.29, 1.82) is 0 Å². The maximum atomic E-state index is 10.7. The van der Waals surface area contributed by atoms with Gasteiger partial charge in [0.15, 0.2) is 0 Å². The van der Waals surface area contributed by atoms with Gasteiger partial charge in [0, 0.05) is 18.8 Å². The maximum Gasteiger partial charge on any atom is 0.308 e. The molecule has 8 bridgehead atoms. The quantitative estimate of drug-likeness (QED) is 0.0247. The molecule has 0 radical (unpaired) electrons. The summed E-state index contributed by atoms with van der Waals surface area (Å²) in [5.74, 6) is 19.0. The van der Waals surface area contributed by atoms with Gasteiger partial charge in [-0.25, -0.2) is 0 Å². The van der Waals surface area contributed by atoms with Gasteiger partial charge in [-0.1, -0.05) is 317 Å². The van der Waals surface area contributed by atoms with Crippen LogP contribution in [0.2, 0.25) is 0 Å². The van der Waals surface area contributed by atoms with Crippen molar-refractivity contribution >= 4 is 27.5 Å². The van der Waals surface area contributed by atoms with E-state index >= 15 is 0 Å². The third-order valence-corrected chi connectivity index (χ3v) is 35.1. The standard InChI is InChI=1S/2C24H36O2.C17H26O.2C14H14.C12H16O2.3C10H14O/c2*1-5-16(4)19-6-8-22(9-7-19)25-24(15(2)3)26-23-20-11-17-10-18(13-20)14-21(23)12-17;1-4-14(3)15-8-10-16(11-9-15)18-17(5-2)12-6-7-13-17;2*1-9-10(2)13-8-4-6-11-5-3-7-12(9)14(11)13;1-4-9(2)11-5-7-12(8-6-11)14-10(3)13;3*1-3-8(2)9-4-6-10(11)7-5-9/h2*6-9,15-18,20-21,23-24H,5,10-14H2,1-4H3;8-11,14H,4-7,12-13H2,1-3H3;2*3-10H,1-2H3;5-9H,4H2,1-3H3;3*4-8,11H,3H2,1-2H3. The van der Waals surface area contributed by atoms with Gasteiger partial charge in [0.05, 0.1) is 12.2 Å². The van der Waals surface area contributed by atoms with E-state index in [0.29, 0.717) is 112 Å². The number of esters is 1. The molecule has 13 atom stereocenters. The number of benzene rings is 11. The monoisotopic (exact) mass is 1970 g/mol. The van der Waals surface area contributed by atoms with Crippen LogP contribution >= 0.6 is 0 Å². The van der Waals surface area contributed by atoms with Crippen molar-refractivity contribution in [2.24, 2.45) is 59.2 Å². The minimum Gasteiger partial charge on any atom is -0.508 e. The zero-order valence-corrected chi connectivity index (χ0v) is 93.3. The Morgan fingerprint density at radius 3 is 0.752 bits per heavy atom. The summed E-state index contributed by atoms with van der Waals surface area (Å²) in [5.41, 5.74) is 15.6. The predicted octanol–water partition coefficient (Wildman–Crippen LogP) is 38.1. The molecule has 11 aromatic rings. The minimum atomic E-state index is -0.277. The van der Waals surface area contributed by atoms with Gasteiger partial charge in [0.25, 0.3) is 0 Å². The lowest BCUT2D eigenvalue weighted by atomic mass is 9.55. The Hall–Kier alpha value is -9.87. The summed E-state index contributed by atoms with van der Waals surface area (Å²) >= 11 is 0. The van der Waals surface area contributed by atoms with Crippen LogP contribution in [0.1, 0.15) is 434 Å². The molecule has 10 nitrogen and oxygen atoms in total. The highest BCUT2D eigenvalue weighted by Crippen LogP contribution is 2.58. The first-order valence-corrected chi connectivity index (χ1v) is 57.0. The fourth-order valence-electron chi connectivity index (χ4n) is 24.3. The van der Waals surface area contributed by atoms with Crippen molar-refractivity contribution in [2.45, 2.75) is 403 Å². The Morgan fingerprint density at radius 2 is 0.531 bits per heavy atom. The molecular weight excluding hydrogens is 1780 g/mol. The summed E-state index contributed by atoms with van der Waals surface area (Å²) in [4.78, 5) is 10.7. The van der Waals surface area contributed by atoms with E-state index in [1.165, 1.54) is 199 Å². The van der Waals surface area contributed by atoms with Gasteiger partial charge in [-0.2, -0.15) is 0 Å². The second kappa shape index (κ2) is 54.9. The second-order valence-electron chi connectivity index (χ2n) is 45.9. The van der Waals surface area contributed by atoms with Crippen molar-refractivity contribution in [1.82, 2.24) is 0 Å². The molecule has 145 heavy (non-hydrogen) atoms. The maximum absolute atomic E-state index is 10.7. The fourth-order valence-corrected chi connectivity index (χ4v) is 24.3. The summed E-state index contributed by atoms with van der Waals surface area (Å²) < 4.78 is 37.2. The number of hydrogen-bond donors (Lipinski definition) is 3. The molecule has 0 spiro atoms. The smallest absolute Gasteiger partial charge is 0.308 e. The average Bonchev–Trinajstić information content (AvgIpc) is 1.50. The molecule has 0 heterocycles. The molecule has 13 unspecified atom stereocenters. The lowest BCUT2D eigenvalue weighted by Gasteiger charge is -2.54. The van der Waals surface area contributed by atoms with E-state index < -0.39 is 0 Å². The largest absolute Gasteiger partial charge is 0.508 e. The molecule has 0 amide bonds. The normalized spacial score (nSPS) is 23.8. The van der Waals surface area contributed by atoms with Crippen LogP contribution in [0.3, 0.4) is 0 Å². The van der Waals surface area contributed by atoms with Crippen molar-refractivity contribution < 1.29 is 48.5 Å². The van der Waals surface area contributed by atoms with E-state index in [2.05, 4.69) is 305 Å². The molecular formula is C135H184O10. The molecule has 11 aliphatic rings. The lowest BCUT2D eigenvalue weighted by molar-refractivity contribution is -0.211. The first-order chi connectivity index (χ1) is 69.7. The Bertz CT molecular complexity index is 5190. The van der Waals surface area contributed by atoms with Gasteiger partial charge >= 0.3 is 5.97 Å².